The summed E-state index contributed by atoms with van der Waals surface area (Å²) in [6, 6.07) is 9.98. The third-order valence-electron chi connectivity index (χ3n) is 4.82. The lowest BCUT2D eigenvalue weighted by Gasteiger charge is -2.22. The SMILES string of the molecule is CC(C)c1cc([C@H]2CCCN2C(=O)c2cc(=O)c3ccccc3o2)no1. The first-order chi connectivity index (χ1) is 12.5. The fourth-order valence-corrected chi connectivity index (χ4v) is 3.40. The molecule has 4 rings (SSSR count). The molecule has 1 saturated heterocycles. The minimum absolute atomic E-state index is 0.0631. The van der Waals surface area contributed by atoms with Crippen LogP contribution in [0.3, 0.4) is 0 Å². The summed E-state index contributed by atoms with van der Waals surface area (Å²) in [6.45, 7) is 4.67. The van der Waals surface area contributed by atoms with Crippen LogP contribution in [0.2, 0.25) is 0 Å². The second-order valence-corrected chi connectivity index (χ2v) is 6.94. The molecule has 2 aromatic heterocycles. The highest BCUT2D eigenvalue weighted by molar-refractivity contribution is 5.93. The Morgan fingerprint density at radius 3 is 2.85 bits per heavy atom. The van der Waals surface area contributed by atoms with Crippen LogP contribution < -0.4 is 5.43 Å². The van der Waals surface area contributed by atoms with Crippen LogP contribution >= 0.6 is 0 Å². The van der Waals surface area contributed by atoms with Gasteiger partial charge in [-0.2, -0.15) is 0 Å². The molecule has 1 aromatic carbocycles. The summed E-state index contributed by atoms with van der Waals surface area (Å²) in [7, 11) is 0. The van der Waals surface area contributed by atoms with Crippen LogP contribution in [0.5, 0.6) is 0 Å². The van der Waals surface area contributed by atoms with Gasteiger partial charge in [0.15, 0.2) is 11.2 Å². The van der Waals surface area contributed by atoms with Gasteiger partial charge in [-0.25, -0.2) is 0 Å². The Kier molecular flexibility index (Phi) is 4.11. The largest absolute Gasteiger partial charge is 0.451 e. The van der Waals surface area contributed by atoms with Gasteiger partial charge in [-0.1, -0.05) is 31.1 Å². The molecule has 6 nitrogen and oxygen atoms in total. The van der Waals surface area contributed by atoms with Gasteiger partial charge in [0.25, 0.3) is 5.91 Å². The molecule has 0 N–H and O–H groups in total. The molecule has 1 atom stereocenters. The Morgan fingerprint density at radius 1 is 1.27 bits per heavy atom. The van der Waals surface area contributed by atoms with Gasteiger partial charge >= 0.3 is 0 Å². The number of para-hydroxylation sites is 1. The Labute approximate surface area is 150 Å². The summed E-state index contributed by atoms with van der Waals surface area (Å²) in [5.74, 6) is 0.814. The van der Waals surface area contributed by atoms with E-state index in [-0.39, 0.29) is 29.1 Å². The molecule has 0 aliphatic carbocycles. The molecule has 1 fully saturated rings. The predicted octanol–water partition coefficient (Wildman–Crippen LogP) is 3.88. The van der Waals surface area contributed by atoms with E-state index in [4.69, 9.17) is 8.94 Å². The standard InChI is InChI=1S/C20H20N2O4/c1-12(2)18-10-14(21-26-18)15-7-5-9-22(15)20(24)19-11-16(23)13-6-3-4-8-17(13)25-19/h3-4,6,8,10-12,15H,5,7,9H2,1-2H3/t15-/m1/s1. The van der Waals surface area contributed by atoms with Crippen LogP contribution in [-0.2, 0) is 0 Å². The number of carbonyl (C=O) groups is 1. The van der Waals surface area contributed by atoms with Crippen molar-refractivity contribution in [1.82, 2.24) is 10.1 Å². The third-order valence-corrected chi connectivity index (χ3v) is 4.82. The van der Waals surface area contributed by atoms with Crippen LogP contribution in [0.25, 0.3) is 11.0 Å². The molecule has 1 aliphatic heterocycles. The Morgan fingerprint density at radius 2 is 2.08 bits per heavy atom. The number of hydrogen-bond acceptors (Lipinski definition) is 5. The molecule has 3 aromatic rings. The number of rotatable bonds is 3. The second kappa shape index (κ2) is 6.44. The minimum Gasteiger partial charge on any atom is -0.451 e. The molecule has 134 valence electrons. The second-order valence-electron chi connectivity index (χ2n) is 6.94. The highest BCUT2D eigenvalue weighted by Crippen LogP contribution is 2.33. The highest BCUT2D eigenvalue weighted by Gasteiger charge is 2.34. The fraction of sp³-hybridized carbons (Fsp3) is 0.350. The highest BCUT2D eigenvalue weighted by atomic mass is 16.5. The Balaban J connectivity index is 1.67. The quantitative estimate of drug-likeness (QED) is 0.715. The van der Waals surface area contributed by atoms with Crippen molar-refractivity contribution in [2.75, 3.05) is 6.54 Å². The van der Waals surface area contributed by atoms with Gasteiger partial charge in [-0.3, -0.25) is 9.59 Å². The maximum absolute atomic E-state index is 13.0. The molecule has 0 unspecified atom stereocenters. The zero-order valence-electron chi connectivity index (χ0n) is 14.8. The van der Waals surface area contributed by atoms with Crippen LogP contribution in [0, 0.1) is 0 Å². The van der Waals surface area contributed by atoms with E-state index in [0.29, 0.717) is 17.5 Å². The van der Waals surface area contributed by atoms with Gasteiger partial charge in [-0.05, 0) is 25.0 Å². The number of fused-ring (bicyclic) bond motifs is 1. The summed E-state index contributed by atoms with van der Waals surface area (Å²) < 4.78 is 11.1. The first-order valence-electron chi connectivity index (χ1n) is 8.85. The van der Waals surface area contributed by atoms with Crippen molar-refractivity contribution in [2.24, 2.45) is 0 Å². The van der Waals surface area contributed by atoms with Crippen LogP contribution in [0.4, 0.5) is 0 Å². The lowest BCUT2D eigenvalue weighted by atomic mass is 10.1. The number of benzene rings is 1. The first kappa shape index (κ1) is 16.6. The average molecular weight is 352 g/mol. The zero-order valence-corrected chi connectivity index (χ0v) is 14.8. The van der Waals surface area contributed by atoms with E-state index in [2.05, 4.69) is 5.16 Å². The number of carbonyl (C=O) groups excluding carboxylic acids is 1. The molecule has 26 heavy (non-hydrogen) atoms. The van der Waals surface area contributed by atoms with Crippen molar-refractivity contribution >= 4 is 16.9 Å². The summed E-state index contributed by atoms with van der Waals surface area (Å²) in [4.78, 5) is 27.0. The van der Waals surface area contributed by atoms with Crippen LogP contribution in [0.1, 0.15) is 60.7 Å². The van der Waals surface area contributed by atoms with Gasteiger partial charge in [0, 0.05) is 24.6 Å². The van der Waals surface area contributed by atoms with E-state index in [9.17, 15) is 9.59 Å². The van der Waals surface area contributed by atoms with E-state index in [1.54, 1.807) is 29.2 Å². The summed E-state index contributed by atoms with van der Waals surface area (Å²) >= 11 is 0. The molecule has 1 aliphatic rings. The fourth-order valence-electron chi connectivity index (χ4n) is 3.40. The molecule has 6 heteroatoms. The van der Waals surface area contributed by atoms with Gasteiger partial charge in [0.2, 0.25) is 0 Å². The monoisotopic (exact) mass is 352 g/mol. The van der Waals surface area contributed by atoms with Crippen LogP contribution in [-0.4, -0.2) is 22.5 Å². The molecule has 0 radical (unpaired) electrons. The maximum Gasteiger partial charge on any atom is 0.290 e. The molecule has 0 spiro atoms. The molecule has 3 heterocycles. The minimum atomic E-state index is -0.288. The lowest BCUT2D eigenvalue weighted by molar-refractivity contribution is 0.0699. The average Bonchev–Trinajstić information content (AvgIpc) is 3.30. The Bertz CT molecular complexity index is 1020. The number of hydrogen-bond donors (Lipinski definition) is 0. The van der Waals surface area contributed by atoms with Gasteiger partial charge in [0.05, 0.1) is 11.4 Å². The number of nitrogens with zero attached hydrogens (tertiary/aromatic N) is 2. The maximum atomic E-state index is 13.0. The van der Waals surface area contributed by atoms with E-state index >= 15 is 0 Å². The number of aromatic nitrogens is 1. The number of likely N-dealkylation sites (tertiary alicyclic amines) is 1. The van der Waals surface area contributed by atoms with E-state index < -0.39 is 0 Å². The Hall–Kier alpha value is -2.89. The van der Waals surface area contributed by atoms with E-state index in [0.717, 1.165) is 24.3 Å². The third kappa shape index (κ3) is 2.81. The van der Waals surface area contributed by atoms with E-state index in [1.807, 2.05) is 19.9 Å². The summed E-state index contributed by atoms with van der Waals surface area (Å²) in [5.41, 5.74) is 0.958. The van der Waals surface area contributed by atoms with E-state index in [1.165, 1.54) is 6.07 Å². The zero-order chi connectivity index (χ0) is 18.3. The van der Waals surface area contributed by atoms with Crippen molar-refractivity contribution in [3.05, 3.63) is 63.8 Å². The van der Waals surface area contributed by atoms with Gasteiger partial charge in [-0.15, -0.1) is 0 Å². The predicted molar refractivity (Wildman–Crippen MR) is 96.1 cm³/mol. The van der Waals surface area contributed by atoms with Crippen molar-refractivity contribution < 1.29 is 13.7 Å². The molecular weight excluding hydrogens is 332 g/mol. The summed E-state index contributed by atoms with van der Waals surface area (Å²) in [5, 5.41) is 4.62. The first-order valence-corrected chi connectivity index (χ1v) is 8.85. The summed E-state index contributed by atoms with van der Waals surface area (Å²) in [6.07, 6.45) is 1.69. The number of amides is 1. The van der Waals surface area contributed by atoms with Crippen molar-refractivity contribution in [2.45, 2.75) is 38.6 Å². The topological polar surface area (TPSA) is 76.6 Å². The normalized spacial score (nSPS) is 17.3. The van der Waals surface area contributed by atoms with Gasteiger partial charge < -0.3 is 13.8 Å². The van der Waals surface area contributed by atoms with Crippen molar-refractivity contribution in [3.63, 3.8) is 0 Å². The lowest BCUT2D eigenvalue weighted by Crippen LogP contribution is -2.31. The van der Waals surface area contributed by atoms with Crippen molar-refractivity contribution in [1.29, 1.82) is 0 Å². The van der Waals surface area contributed by atoms with Gasteiger partial charge in [0.1, 0.15) is 17.0 Å². The molecule has 1 amide bonds. The molecular formula is C20H20N2O4. The smallest absolute Gasteiger partial charge is 0.290 e. The van der Waals surface area contributed by atoms with Crippen LogP contribution in [0.15, 0.2) is 50.1 Å². The molecule has 0 bridgehead atoms. The van der Waals surface area contributed by atoms with Crippen molar-refractivity contribution in [3.8, 4) is 0 Å². The molecule has 0 saturated carbocycles.